The molecule has 0 saturated carbocycles. The number of para-hydroxylation sites is 9. The molecule has 0 N–H and O–H groups in total. The van der Waals surface area contributed by atoms with Gasteiger partial charge in [0.15, 0.2) is 16.7 Å². The third kappa shape index (κ3) is 11.5. The van der Waals surface area contributed by atoms with E-state index in [1.54, 1.807) is 0 Å². The van der Waals surface area contributed by atoms with Gasteiger partial charge in [0.25, 0.3) is 0 Å². The van der Waals surface area contributed by atoms with Gasteiger partial charge in [-0.15, -0.1) is 34.0 Å². The monoisotopic (exact) mass is 1620 g/mol. The van der Waals surface area contributed by atoms with Crippen LogP contribution in [0.15, 0.2) is 432 Å². The van der Waals surface area contributed by atoms with Crippen molar-refractivity contribution in [2.45, 2.75) is 0 Å². The van der Waals surface area contributed by atoms with Gasteiger partial charge in [-0.1, -0.05) is 273 Å². The smallest absolute Gasteiger partial charge is 0.161 e. The van der Waals surface area contributed by atoms with Gasteiger partial charge in [-0.2, -0.15) is 0 Å². The summed E-state index contributed by atoms with van der Waals surface area (Å²) in [6.07, 6.45) is 0. The van der Waals surface area contributed by atoms with Crippen molar-refractivity contribution in [2.75, 3.05) is 0 Å². The Balaban J connectivity index is 0.000000101. The van der Waals surface area contributed by atoms with Crippen molar-refractivity contribution in [1.82, 2.24) is 13.7 Å². The van der Waals surface area contributed by atoms with Gasteiger partial charge in [-0.25, -0.2) is 0 Å². The van der Waals surface area contributed by atoms with Gasteiger partial charge in [-0.3, -0.25) is 0 Å². The van der Waals surface area contributed by atoms with Gasteiger partial charge >= 0.3 is 0 Å². The number of rotatable bonds is 9. The number of benzene rings is 18. The van der Waals surface area contributed by atoms with Crippen LogP contribution in [-0.2, 0) is 0 Å². The summed E-state index contributed by atoms with van der Waals surface area (Å²) in [5.41, 5.74) is 29.8. The molecule has 9 heteroatoms. The molecular weight excluding hydrogens is 1560 g/mol. The van der Waals surface area contributed by atoms with E-state index in [4.69, 9.17) is 13.3 Å². The van der Waals surface area contributed by atoms with Gasteiger partial charge in [-0.05, 0) is 196 Å². The molecule has 576 valence electrons. The lowest BCUT2D eigenvalue weighted by Gasteiger charge is -2.09. The molecule has 0 unspecified atom stereocenters. The van der Waals surface area contributed by atoms with Gasteiger partial charge in [0.1, 0.15) is 33.3 Å². The summed E-state index contributed by atoms with van der Waals surface area (Å²) in [5, 5.41) is 14.7. The molecule has 0 spiro atoms. The molecular formula is C114H69N3O3S3. The maximum absolute atomic E-state index is 6.79. The Hall–Kier alpha value is -15.4. The molecule has 0 bridgehead atoms. The fourth-order valence-corrected chi connectivity index (χ4v) is 22.5. The molecule has 0 aliphatic heterocycles. The third-order valence-corrected chi connectivity index (χ3v) is 28.1. The van der Waals surface area contributed by atoms with E-state index in [0.717, 1.165) is 149 Å². The zero-order valence-corrected chi connectivity index (χ0v) is 68.6. The van der Waals surface area contributed by atoms with Crippen LogP contribution in [0.5, 0.6) is 0 Å². The molecule has 9 aromatic heterocycles. The second-order valence-electron chi connectivity index (χ2n) is 31.6. The maximum Gasteiger partial charge on any atom is 0.161 e. The van der Waals surface area contributed by atoms with E-state index >= 15 is 0 Å². The van der Waals surface area contributed by atoms with Crippen LogP contribution in [0.2, 0.25) is 0 Å². The largest absolute Gasteiger partial charge is 0.453 e. The van der Waals surface area contributed by atoms with Crippen molar-refractivity contribution in [2.24, 2.45) is 0 Å². The Morgan fingerprint density at radius 1 is 0.163 bits per heavy atom. The minimum Gasteiger partial charge on any atom is -0.453 e. The van der Waals surface area contributed by atoms with Gasteiger partial charge in [0.2, 0.25) is 0 Å². The third-order valence-electron chi connectivity index (χ3n) is 24.6. The molecule has 27 rings (SSSR count). The predicted molar refractivity (Wildman–Crippen MR) is 523 cm³/mol. The highest BCUT2D eigenvalue weighted by Crippen LogP contribution is 2.49. The maximum atomic E-state index is 6.79. The normalized spacial score (nSPS) is 11.9. The number of aromatic nitrogens is 3. The first kappa shape index (κ1) is 70.6. The van der Waals surface area contributed by atoms with E-state index in [1.807, 2.05) is 34.0 Å². The molecule has 9 heterocycles. The van der Waals surface area contributed by atoms with Crippen LogP contribution >= 0.6 is 34.0 Å². The first-order valence-electron chi connectivity index (χ1n) is 41.6. The van der Waals surface area contributed by atoms with Crippen molar-refractivity contribution >= 4 is 193 Å². The molecule has 18 aromatic carbocycles. The van der Waals surface area contributed by atoms with Gasteiger partial charge in [0.05, 0.1) is 16.6 Å². The van der Waals surface area contributed by atoms with E-state index in [9.17, 15) is 0 Å². The summed E-state index contributed by atoms with van der Waals surface area (Å²) >= 11 is 5.59. The molecule has 0 fully saturated rings. The summed E-state index contributed by atoms with van der Waals surface area (Å²) in [6.45, 7) is 0. The fourth-order valence-electron chi connectivity index (χ4n) is 19.1. The molecule has 0 radical (unpaired) electrons. The standard InChI is InChI=1S/3C38H23NOS/c1-2-13-26(14-3-1)39-33-21-6-4-16-31(33)37-35(39)32-20-9-17-27(36(32)40-37)24-11-8-12-25(23-24)28-18-10-19-30-29-15-5-7-22-34(29)41-38(28)30;1-2-12-27(13-3-1)39-33-18-6-4-15-31(33)38-36(39)32-17-9-16-28(37(32)40-38)26-11-8-10-24(22-26)25-20-21-30-29-14-5-7-19-34(29)41-35(30)23-25;1-2-12-27(13-3-1)39-33-18-6-4-15-30(33)38-36(39)31-17-9-16-28(37(31)40-38)26-11-8-10-24(22-26)25-20-21-35-32(23-25)29-14-5-7-19-34(29)41-35/h3*1-23H. The lowest BCUT2D eigenvalue weighted by Crippen LogP contribution is -1.92. The van der Waals surface area contributed by atoms with Gasteiger partial charge < -0.3 is 27.0 Å². The molecule has 0 saturated heterocycles. The Labute approximate surface area is 717 Å². The summed E-state index contributed by atoms with van der Waals surface area (Å²) in [7, 11) is 0. The Bertz CT molecular complexity index is 8890. The van der Waals surface area contributed by atoms with Crippen LogP contribution in [0.4, 0.5) is 0 Å². The quantitative estimate of drug-likeness (QED) is 0.145. The zero-order valence-electron chi connectivity index (χ0n) is 66.1. The van der Waals surface area contributed by atoms with Crippen LogP contribution in [0.25, 0.3) is 243 Å². The summed E-state index contributed by atoms with van der Waals surface area (Å²) in [5.74, 6) is 0. The summed E-state index contributed by atoms with van der Waals surface area (Å²) < 4.78 is 35.3. The zero-order chi connectivity index (χ0) is 80.7. The van der Waals surface area contributed by atoms with Crippen LogP contribution < -0.4 is 0 Å². The van der Waals surface area contributed by atoms with Crippen molar-refractivity contribution in [3.05, 3.63) is 419 Å². The molecule has 0 aliphatic carbocycles. The highest BCUT2D eigenvalue weighted by molar-refractivity contribution is 7.27. The number of thiophene rings is 3. The topological polar surface area (TPSA) is 54.2 Å². The van der Waals surface area contributed by atoms with Crippen LogP contribution in [-0.4, -0.2) is 13.7 Å². The predicted octanol–water partition coefficient (Wildman–Crippen LogP) is 33.7. The summed E-state index contributed by atoms with van der Waals surface area (Å²) in [4.78, 5) is 0. The Morgan fingerprint density at radius 2 is 0.455 bits per heavy atom. The van der Waals surface area contributed by atoms with Crippen molar-refractivity contribution < 1.29 is 13.3 Å². The number of nitrogens with zero attached hydrogens (tertiary/aromatic N) is 3. The van der Waals surface area contributed by atoms with E-state index in [0.29, 0.717) is 0 Å². The molecule has 123 heavy (non-hydrogen) atoms. The average molecular weight is 1630 g/mol. The summed E-state index contributed by atoms with van der Waals surface area (Å²) in [6, 6.07) is 150. The van der Waals surface area contributed by atoms with Crippen LogP contribution in [0.1, 0.15) is 0 Å². The van der Waals surface area contributed by atoms with Crippen molar-refractivity contribution in [3.63, 3.8) is 0 Å². The highest BCUT2D eigenvalue weighted by atomic mass is 32.1. The van der Waals surface area contributed by atoms with Crippen LogP contribution in [0.3, 0.4) is 0 Å². The number of fused-ring (bicyclic) bond motifs is 24. The minimum absolute atomic E-state index is 0.921. The second-order valence-corrected chi connectivity index (χ2v) is 34.8. The van der Waals surface area contributed by atoms with Crippen molar-refractivity contribution in [3.8, 4) is 83.8 Å². The first-order chi connectivity index (χ1) is 61.0. The van der Waals surface area contributed by atoms with Crippen molar-refractivity contribution in [1.29, 1.82) is 0 Å². The number of furan rings is 3. The number of hydrogen-bond acceptors (Lipinski definition) is 6. The van der Waals surface area contributed by atoms with E-state index in [-0.39, 0.29) is 0 Å². The molecule has 6 nitrogen and oxygen atoms in total. The van der Waals surface area contributed by atoms with E-state index in [1.165, 1.54) is 93.9 Å². The highest BCUT2D eigenvalue weighted by Gasteiger charge is 2.26. The first-order valence-corrected chi connectivity index (χ1v) is 44.0. The lowest BCUT2D eigenvalue weighted by atomic mass is 9.97. The molecule has 0 atom stereocenters. The van der Waals surface area contributed by atoms with E-state index in [2.05, 4.69) is 432 Å². The SMILES string of the molecule is c1ccc(-n2c3ccccc3c3oc4c(-c5cccc(-c6ccc7c(c6)sc6ccccc67)c5)cccc4c32)cc1.c1ccc(-n2c3ccccc3c3oc4c(-c5cccc(-c6ccc7sc8ccccc8c7c6)c5)cccc4c32)cc1.c1ccc(-n2c3ccccc3c3oc4c(-c5cccc(-c6cccc7c6sc6ccccc67)c5)cccc4c32)cc1. The lowest BCUT2D eigenvalue weighted by molar-refractivity contribution is 0.673. The minimum atomic E-state index is 0.921. The molecule has 0 aliphatic rings. The second kappa shape index (κ2) is 28.7. The Kier molecular flexibility index (Phi) is 16.5. The fraction of sp³-hybridized carbons (Fsp3) is 0. The number of hydrogen-bond donors (Lipinski definition) is 0. The molecule has 27 aromatic rings. The van der Waals surface area contributed by atoms with Gasteiger partial charge in [0, 0.05) is 127 Å². The Morgan fingerprint density at radius 3 is 0.911 bits per heavy atom. The molecule has 0 amide bonds. The average Bonchev–Trinajstić information content (AvgIpc) is 1.57. The van der Waals surface area contributed by atoms with E-state index < -0.39 is 0 Å². The van der Waals surface area contributed by atoms with Crippen LogP contribution in [0, 0.1) is 0 Å².